The lowest BCUT2D eigenvalue weighted by Gasteiger charge is -2.01. The molecule has 12 heavy (non-hydrogen) atoms. The summed E-state index contributed by atoms with van der Waals surface area (Å²) in [6.07, 6.45) is 1.73. The van der Waals surface area contributed by atoms with Gasteiger partial charge in [-0.05, 0) is 6.42 Å². The van der Waals surface area contributed by atoms with E-state index in [1.807, 2.05) is 0 Å². The van der Waals surface area contributed by atoms with Gasteiger partial charge in [0.05, 0.1) is 6.61 Å². The van der Waals surface area contributed by atoms with Crippen LogP contribution in [0.3, 0.4) is 0 Å². The molecule has 0 radical (unpaired) electrons. The van der Waals surface area contributed by atoms with Crippen molar-refractivity contribution in [1.82, 2.24) is 5.32 Å². The summed E-state index contributed by atoms with van der Waals surface area (Å²) >= 11 is 0. The Kier molecular flexibility index (Phi) is 5.69. The van der Waals surface area contributed by atoms with E-state index in [-0.39, 0.29) is 5.91 Å². The Hall–Kier alpha value is -1.32. The van der Waals surface area contributed by atoms with E-state index in [0.29, 0.717) is 19.6 Å². The van der Waals surface area contributed by atoms with E-state index in [4.69, 9.17) is 0 Å². The van der Waals surface area contributed by atoms with E-state index in [9.17, 15) is 9.59 Å². The van der Waals surface area contributed by atoms with E-state index < -0.39 is 5.97 Å². The highest BCUT2D eigenvalue weighted by Crippen LogP contribution is 1.83. The number of nitrogens with one attached hydrogen (secondary N) is 1. The van der Waals surface area contributed by atoms with Crippen LogP contribution in [0.4, 0.5) is 0 Å². The molecule has 4 heteroatoms. The fourth-order valence-electron chi connectivity index (χ4n) is 0.568. The number of amides is 1. The van der Waals surface area contributed by atoms with Gasteiger partial charge in [-0.2, -0.15) is 0 Å². The molecule has 68 valence electrons. The number of hydrogen-bond donors (Lipinski definition) is 1. The summed E-state index contributed by atoms with van der Waals surface area (Å²) in [5, 5.41) is 2.58. The molecule has 0 aromatic heterocycles. The van der Waals surface area contributed by atoms with Crippen molar-refractivity contribution >= 4 is 11.9 Å². The number of rotatable bonds is 5. The maximum absolute atomic E-state index is 10.5. The summed E-state index contributed by atoms with van der Waals surface area (Å²) in [4.78, 5) is 20.8. The second-order valence-corrected chi connectivity index (χ2v) is 2.21. The molecule has 0 aliphatic heterocycles. The highest BCUT2D eigenvalue weighted by atomic mass is 16.5. The third-order valence-corrected chi connectivity index (χ3v) is 1.11. The second-order valence-electron chi connectivity index (χ2n) is 2.21. The van der Waals surface area contributed by atoms with Crippen LogP contribution >= 0.6 is 0 Å². The molecule has 1 amide bonds. The molecule has 0 aliphatic carbocycles. The van der Waals surface area contributed by atoms with Crippen LogP contribution in [0.5, 0.6) is 0 Å². The van der Waals surface area contributed by atoms with E-state index in [1.165, 1.54) is 6.92 Å². The maximum atomic E-state index is 10.5. The van der Waals surface area contributed by atoms with Crippen molar-refractivity contribution < 1.29 is 14.3 Å². The first-order valence-electron chi connectivity index (χ1n) is 3.70. The zero-order valence-electron chi connectivity index (χ0n) is 7.13. The van der Waals surface area contributed by atoms with Crippen LogP contribution < -0.4 is 5.32 Å². The summed E-state index contributed by atoms with van der Waals surface area (Å²) in [5.41, 5.74) is 0. The van der Waals surface area contributed by atoms with Crippen molar-refractivity contribution in [3.05, 3.63) is 12.7 Å². The normalized spacial score (nSPS) is 8.75. The third-order valence-electron chi connectivity index (χ3n) is 1.11. The molecule has 0 aliphatic rings. The first-order chi connectivity index (χ1) is 5.66. The highest BCUT2D eigenvalue weighted by Gasteiger charge is 1.94. The van der Waals surface area contributed by atoms with Crippen molar-refractivity contribution in [1.29, 1.82) is 0 Å². The van der Waals surface area contributed by atoms with Crippen LogP contribution in [-0.4, -0.2) is 25.0 Å². The van der Waals surface area contributed by atoms with Gasteiger partial charge in [0.25, 0.3) is 0 Å². The Bertz CT molecular complexity index is 177. The lowest BCUT2D eigenvalue weighted by molar-refractivity contribution is -0.137. The van der Waals surface area contributed by atoms with Gasteiger partial charge in [0.15, 0.2) is 0 Å². The molecule has 0 heterocycles. The zero-order valence-corrected chi connectivity index (χ0v) is 7.13. The molecule has 0 saturated carbocycles. The summed E-state index contributed by atoms with van der Waals surface area (Å²) in [5.74, 6) is -0.511. The minimum atomic E-state index is -0.433. The molecule has 0 spiro atoms. The lowest BCUT2D eigenvalue weighted by atomic mass is 10.4. The van der Waals surface area contributed by atoms with Crippen LogP contribution in [-0.2, 0) is 14.3 Å². The van der Waals surface area contributed by atoms with Crippen molar-refractivity contribution in [2.24, 2.45) is 0 Å². The average molecular weight is 171 g/mol. The Morgan fingerprint density at radius 2 is 2.25 bits per heavy atom. The van der Waals surface area contributed by atoms with Gasteiger partial charge in [-0.25, -0.2) is 4.79 Å². The predicted octanol–water partition coefficient (Wildman–Crippen LogP) is 0.242. The highest BCUT2D eigenvalue weighted by molar-refractivity contribution is 5.81. The molecule has 0 atom stereocenters. The molecule has 0 fully saturated rings. The number of carbonyl (C=O) groups excluding carboxylic acids is 2. The first kappa shape index (κ1) is 10.7. The Balaban J connectivity index is 3.16. The maximum Gasteiger partial charge on any atom is 0.330 e. The van der Waals surface area contributed by atoms with Gasteiger partial charge in [-0.1, -0.05) is 6.58 Å². The molecular weight excluding hydrogens is 158 g/mol. The molecule has 0 aromatic rings. The largest absolute Gasteiger partial charge is 0.462 e. The topological polar surface area (TPSA) is 55.4 Å². The molecule has 0 unspecified atom stereocenters. The Labute approximate surface area is 71.6 Å². The van der Waals surface area contributed by atoms with Crippen LogP contribution in [0.15, 0.2) is 12.7 Å². The Morgan fingerprint density at radius 1 is 1.58 bits per heavy atom. The molecular formula is C8H13NO3. The van der Waals surface area contributed by atoms with E-state index in [2.05, 4.69) is 16.6 Å². The van der Waals surface area contributed by atoms with Crippen molar-refractivity contribution in [3.8, 4) is 0 Å². The zero-order chi connectivity index (χ0) is 9.40. The van der Waals surface area contributed by atoms with Gasteiger partial charge in [0.1, 0.15) is 0 Å². The number of carbonyl (C=O) groups is 2. The van der Waals surface area contributed by atoms with Crippen LogP contribution in [0, 0.1) is 0 Å². The monoisotopic (exact) mass is 171 g/mol. The summed E-state index contributed by atoms with van der Waals surface area (Å²) in [6, 6.07) is 0. The smallest absolute Gasteiger partial charge is 0.330 e. The fourth-order valence-corrected chi connectivity index (χ4v) is 0.568. The van der Waals surface area contributed by atoms with Gasteiger partial charge < -0.3 is 10.1 Å². The summed E-state index contributed by atoms with van der Waals surface area (Å²) in [6.45, 7) is 5.52. The quantitative estimate of drug-likeness (QED) is 0.366. The SMILES string of the molecule is C=CC(=O)OCCCNC(C)=O. The summed E-state index contributed by atoms with van der Waals surface area (Å²) in [7, 11) is 0. The van der Waals surface area contributed by atoms with Gasteiger partial charge >= 0.3 is 5.97 Å². The van der Waals surface area contributed by atoms with Gasteiger partial charge in [0.2, 0.25) is 5.91 Å². The fraction of sp³-hybridized carbons (Fsp3) is 0.500. The molecule has 0 bridgehead atoms. The van der Waals surface area contributed by atoms with Crippen molar-refractivity contribution in [2.75, 3.05) is 13.2 Å². The average Bonchev–Trinajstić information content (AvgIpc) is 2.03. The van der Waals surface area contributed by atoms with Crippen molar-refractivity contribution in [3.63, 3.8) is 0 Å². The standard InChI is InChI=1S/C8H13NO3/c1-3-8(11)12-6-4-5-9-7(2)10/h3H,1,4-6H2,2H3,(H,9,10). The molecule has 4 nitrogen and oxygen atoms in total. The molecule has 1 N–H and O–H groups in total. The predicted molar refractivity (Wildman–Crippen MR) is 44.5 cm³/mol. The number of hydrogen-bond acceptors (Lipinski definition) is 3. The lowest BCUT2D eigenvalue weighted by Crippen LogP contribution is -2.22. The van der Waals surface area contributed by atoms with Crippen molar-refractivity contribution in [2.45, 2.75) is 13.3 Å². The Morgan fingerprint density at radius 3 is 2.75 bits per heavy atom. The summed E-state index contributed by atoms with van der Waals surface area (Å²) < 4.78 is 4.66. The number of esters is 1. The molecule has 0 saturated heterocycles. The van der Waals surface area contributed by atoms with E-state index in [0.717, 1.165) is 6.08 Å². The van der Waals surface area contributed by atoms with Crippen LogP contribution in [0.25, 0.3) is 0 Å². The van der Waals surface area contributed by atoms with Gasteiger partial charge in [0, 0.05) is 19.5 Å². The van der Waals surface area contributed by atoms with Gasteiger partial charge in [-0.15, -0.1) is 0 Å². The third kappa shape index (κ3) is 6.80. The first-order valence-corrected chi connectivity index (χ1v) is 3.70. The molecule has 0 rings (SSSR count). The van der Waals surface area contributed by atoms with Crippen LogP contribution in [0.1, 0.15) is 13.3 Å². The minimum Gasteiger partial charge on any atom is -0.462 e. The second kappa shape index (κ2) is 6.39. The molecule has 0 aromatic carbocycles. The minimum absolute atomic E-state index is 0.0787. The van der Waals surface area contributed by atoms with Crippen LogP contribution in [0.2, 0.25) is 0 Å². The van der Waals surface area contributed by atoms with E-state index >= 15 is 0 Å². The van der Waals surface area contributed by atoms with E-state index in [1.54, 1.807) is 0 Å². The number of ether oxygens (including phenoxy) is 1. The van der Waals surface area contributed by atoms with Gasteiger partial charge in [-0.3, -0.25) is 4.79 Å².